The molecule has 1 fully saturated rings. The van der Waals surface area contributed by atoms with Gasteiger partial charge >= 0.3 is 0 Å². The second kappa shape index (κ2) is 9.34. The van der Waals surface area contributed by atoms with Crippen molar-refractivity contribution in [1.29, 1.82) is 0 Å². The standard InChI is InChI=1S/C21H27N3O2/c1-2-3-15-26-20-8-6-19(7-9-20)21(25)24-13-11-23(12-14-24)17-18-5-4-10-22-16-18/h4-10,16H,2-3,11-15,17H2,1H3. The minimum absolute atomic E-state index is 0.103. The number of piperazine rings is 1. The summed E-state index contributed by atoms with van der Waals surface area (Å²) in [6.07, 6.45) is 5.86. The van der Waals surface area contributed by atoms with Crippen molar-refractivity contribution in [3.05, 3.63) is 59.9 Å². The van der Waals surface area contributed by atoms with E-state index < -0.39 is 0 Å². The van der Waals surface area contributed by atoms with E-state index in [1.807, 2.05) is 41.4 Å². The highest BCUT2D eigenvalue weighted by atomic mass is 16.5. The maximum absolute atomic E-state index is 12.7. The zero-order chi connectivity index (χ0) is 18.2. The van der Waals surface area contributed by atoms with E-state index in [0.29, 0.717) is 0 Å². The average Bonchev–Trinajstić information content (AvgIpc) is 2.70. The number of amides is 1. The predicted molar refractivity (Wildman–Crippen MR) is 102 cm³/mol. The number of pyridine rings is 1. The fraction of sp³-hybridized carbons (Fsp3) is 0.429. The van der Waals surface area contributed by atoms with Gasteiger partial charge in [0.05, 0.1) is 6.61 Å². The molecular weight excluding hydrogens is 326 g/mol. The van der Waals surface area contributed by atoms with Gasteiger partial charge in [-0.2, -0.15) is 0 Å². The first kappa shape index (κ1) is 18.4. The number of nitrogens with zero attached hydrogens (tertiary/aromatic N) is 3. The molecule has 0 spiro atoms. The number of aromatic nitrogens is 1. The topological polar surface area (TPSA) is 45.7 Å². The maximum atomic E-state index is 12.7. The van der Waals surface area contributed by atoms with Crippen LogP contribution >= 0.6 is 0 Å². The molecule has 0 atom stereocenters. The minimum atomic E-state index is 0.103. The molecule has 0 unspecified atom stereocenters. The molecule has 0 aliphatic carbocycles. The monoisotopic (exact) mass is 353 g/mol. The number of hydrogen-bond donors (Lipinski definition) is 0. The van der Waals surface area contributed by atoms with Gasteiger partial charge < -0.3 is 9.64 Å². The van der Waals surface area contributed by atoms with E-state index in [2.05, 4.69) is 22.9 Å². The predicted octanol–water partition coefficient (Wildman–Crippen LogP) is 3.22. The fourth-order valence-corrected chi connectivity index (χ4v) is 3.07. The van der Waals surface area contributed by atoms with E-state index in [-0.39, 0.29) is 5.91 Å². The van der Waals surface area contributed by atoms with Crippen LogP contribution in [-0.2, 0) is 6.54 Å². The van der Waals surface area contributed by atoms with E-state index in [1.54, 1.807) is 6.20 Å². The van der Waals surface area contributed by atoms with Gasteiger partial charge in [0.15, 0.2) is 0 Å². The van der Waals surface area contributed by atoms with Crippen LogP contribution in [0.25, 0.3) is 0 Å². The van der Waals surface area contributed by atoms with Crippen LogP contribution in [0.3, 0.4) is 0 Å². The molecule has 0 radical (unpaired) electrons. The van der Waals surface area contributed by atoms with Crippen LogP contribution < -0.4 is 4.74 Å². The minimum Gasteiger partial charge on any atom is -0.494 e. The second-order valence-electron chi connectivity index (χ2n) is 6.66. The summed E-state index contributed by atoms with van der Waals surface area (Å²) in [6.45, 7) is 7.04. The molecule has 3 rings (SSSR count). The van der Waals surface area contributed by atoms with Gasteiger partial charge in [-0.15, -0.1) is 0 Å². The summed E-state index contributed by atoms with van der Waals surface area (Å²) in [5.74, 6) is 0.933. The molecular formula is C21H27N3O2. The molecule has 5 nitrogen and oxygen atoms in total. The number of benzene rings is 1. The highest BCUT2D eigenvalue weighted by Crippen LogP contribution is 2.16. The van der Waals surface area contributed by atoms with Crippen molar-refractivity contribution in [2.24, 2.45) is 0 Å². The Balaban J connectivity index is 1.48. The Morgan fingerprint density at radius 2 is 1.88 bits per heavy atom. The molecule has 1 aliphatic heterocycles. The molecule has 1 amide bonds. The largest absolute Gasteiger partial charge is 0.494 e. The van der Waals surface area contributed by atoms with Crippen molar-refractivity contribution in [3.63, 3.8) is 0 Å². The normalized spacial score (nSPS) is 15.0. The quantitative estimate of drug-likeness (QED) is 0.717. The molecule has 2 aromatic rings. The number of carbonyl (C=O) groups excluding carboxylic acids is 1. The first-order valence-corrected chi connectivity index (χ1v) is 9.39. The lowest BCUT2D eigenvalue weighted by molar-refractivity contribution is 0.0628. The van der Waals surface area contributed by atoms with Crippen LogP contribution in [0, 0.1) is 0 Å². The molecule has 26 heavy (non-hydrogen) atoms. The molecule has 0 bridgehead atoms. The van der Waals surface area contributed by atoms with Crippen molar-refractivity contribution >= 4 is 5.91 Å². The van der Waals surface area contributed by atoms with Gasteiger partial charge in [-0.1, -0.05) is 19.4 Å². The summed E-state index contributed by atoms with van der Waals surface area (Å²) in [6, 6.07) is 11.6. The number of rotatable bonds is 7. The molecule has 0 N–H and O–H groups in total. The smallest absolute Gasteiger partial charge is 0.253 e. The van der Waals surface area contributed by atoms with E-state index in [4.69, 9.17) is 4.74 Å². The summed E-state index contributed by atoms with van der Waals surface area (Å²) < 4.78 is 5.66. The van der Waals surface area contributed by atoms with Crippen LogP contribution in [0.4, 0.5) is 0 Å². The van der Waals surface area contributed by atoms with Gasteiger partial charge in [-0.25, -0.2) is 0 Å². The highest BCUT2D eigenvalue weighted by Gasteiger charge is 2.22. The van der Waals surface area contributed by atoms with Crippen molar-refractivity contribution in [3.8, 4) is 5.75 Å². The molecule has 1 aromatic carbocycles. The number of carbonyl (C=O) groups is 1. The van der Waals surface area contributed by atoms with Gasteiger partial charge in [0, 0.05) is 50.7 Å². The van der Waals surface area contributed by atoms with E-state index in [0.717, 1.165) is 63.5 Å². The molecule has 1 aliphatic rings. The molecule has 0 saturated carbocycles. The zero-order valence-corrected chi connectivity index (χ0v) is 15.4. The Morgan fingerprint density at radius 3 is 2.54 bits per heavy atom. The first-order valence-electron chi connectivity index (χ1n) is 9.39. The highest BCUT2D eigenvalue weighted by molar-refractivity contribution is 5.94. The first-order chi connectivity index (χ1) is 12.8. The Morgan fingerprint density at radius 1 is 1.12 bits per heavy atom. The van der Waals surface area contributed by atoms with Gasteiger partial charge in [-0.3, -0.25) is 14.7 Å². The SMILES string of the molecule is CCCCOc1ccc(C(=O)N2CCN(Cc3cccnc3)CC2)cc1. The van der Waals surface area contributed by atoms with E-state index in [1.165, 1.54) is 5.56 Å². The summed E-state index contributed by atoms with van der Waals surface area (Å²) in [4.78, 5) is 21.2. The molecule has 5 heteroatoms. The van der Waals surface area contributed by atoms with Crippen molar-refractivity contribution < 1.29 is 9.53 Å². The van der Waals surface area contributed by atoms with Crippen molar-refractivity contribution in [2.75, 3.05) is 32.8 Å². The molecule has 2 heterocycles. The third-order valence-corrected chi connectivity index (χ3v) is 4.66. The second-order valence-corrected chi connectivity index (χ2v) is 6.66. The van der Waals surface area contributed by atoms with Crippen LogP contribution in [0.15, 0.2) is 48.8 Å². The average molecular weight is 353 g/mol. The Kier molecular flexibility index (Phi) is 6.61. The van der Waals surface area contributed by atoms with E-state index >= 15 is 0 Å². The van der Waals surface area contributed by atoms with Crippen LogP contribution in [-0.4, -0.2) is 53.5 Å². The number of unbranched alkanes of at least 4 members (excludes halogenated alkanes) is 1. The van der Waals surface area contributed by atoms with Crippen LogP contribution in [0.2, 0.25) is 0 Å². The van der Waals surface area contributed by atoms with Crippen LogP contribution in [0.5, 0.6) is 5.75 Å². The number of ether oxygens (including phenoxy) is 1. The molecule has 1 aromatic heterocycles. The van der Waals surface area contributed by atoms with Gasteiger partial charge in [0.2, 0.25) is 0 Å². The van der Waals surface area contributed by atoms with Crippen molar-refractivity contribution in [2.45, 2.75) is 26.3 Å². The Labute approximate surface area is 155 Å². The lowest BCUT2D eigenvalue weighted by atomic mass is 10.1. The maximum Gasteiger partial charge on any atom is 0.253 e. The Hall–Kier alpha value is -2.40. The third kappa shape index (κ3) is 5.05. The van der Waals surface area contributed by atoms with Gasteiger partial charge in [0.1, 0.15) is 5.75 Å². The van der Waals surface area contributed by atoms with Gasteiger partial charge in [0.25, 0.3) is 5.91 Å². The van der Waals surface area contributed by atoms with E-state index in [9.17, 15) is 4.79 Å². The fourth-order valence-electron chi connectivity index (χ4n) is 3.07. The number of hydrogen-bond acceptors (Lipinski definition) is 4. The summed E-state index contributed by atoms with van der Waals surface area (Å²) in [5, 5.41) is 0. The molecule has 1 saturated heterocycles. The summed E-state index contributed by atoms with van der Waals surface area (Å²) >= 11 is 0. The van der Waals surface area contributed by atoms with Crippen LogP contribution in [0.1, 0.15) is 35.7 Å². The zero-order valence-electron chi connectivity index (χ0n) is 15.4. The summed E-state index contributed by atoms with van der Waals surface area (Å²) in [7, 11) is 0. The molecule has 138 valence electrons. The van der Waals surface area contributed by atoms with Crippen molar-refractivity contribution in [1.82, 2.24) is 14.8 Å². The lowest BCUT2D eigenvalue weighted by Crippen LogP contribution is -2.48. The Bertz CT molecular complexity index is 680. The summed E-state index contributed by atoms with van der Waals surface area (Å²) in [5.41, 5.74) is 1.94. The van der Waals surface area contributed by atoms with Gasteiger partial charge in [-0.05, 0) is 42.3 Å². The lowest BCUT2D eigenvalue weighted by Gasteiger charge is -2.34. The third-order valence-electron chi connectivity index (χ3n) is 4.66.